The summed E-state index contributed by atoms with van der Waals surface area (Å²) in [6.07, 6.45) is 8.92. The molecular weight excluding hydrogens is 302 g/mol. The van der Waals surface area contributed by atoms with Crippen molar-refractivity contribution in [2.45, 2.75) is 44.2 Å². The second kappa shape index (κ2) is 5.70. The average molecular weight is 325 g/mol. The van der Waals surface area contributed by atoms with Gasteiger partial charge in [-0.15, -0.1) is 0 Å². The van der Waals surface area contributed by atoms with Gasteiger partial charge in [-0.2, -0.15) is 5.10 Å². The minimum absolute atomic E-state index is 0.0497. The monoisotopic (exact) mass is 325 g/mol. The van der Waals surface area contributed by atoms with Crippen molar-refractivity contribution in [3.63, 3.8) is 0 Å². The van der Waals surface area contributed by atoms with E-state index in [0.717, 1.165) is 43.4 Å². The number of carbonyl (C=O) groups excluding carboxylic acids is 1. The molecule has 1 amide bonds. The average Bonchev–Trinajstić information content (AvgIpc) is 3.02. The van der Waals surface area contributed by atoms with E-state index in [9.17, 15) is 4.79 Å². The predicted octanol–water partition coefficient (Wildman–Crippen LogP) is 1.87. The molecule has 2 heterocycles. The number of rotatable bonds is 3. The number of amides is 1. The van der Waals surface area contributed by atoms with Gasteiger partial charge in [-0.3, -0.25) is 14.5 Å². The third kappa shape index (κ3) is 2.71. The fourth-order valence-corrected chi connectivity index (χ4v) is 3.89. The molecule has 2 aliphatic carbocycles. The Morgan fingerprint density at radius 3 is 2.62 bits per heavy atom. The van der Waals surface area contributed by atoms with Crippen LogP contribution in [0.2, 0.25) is 0 Å². The molecule has 2 saturated carbocycles. The molecule has 1 unspecified atom stereocenters. The lowest BCUT2D eigenvalue weighted by Gasteiger charge is -2.29. The predicted molar refractivity (Wildman–Crippen MR) is 91.2 cm³/mol. The summed E-state index contributed by atoms with van der Waals surface area (Å²) < 4.78 is 1.65. The van der Waals surface area contributed by atoms with Crippen molar-refractivity contribution in [2.75, 3.05) is 0 Å². The first-order valence-corrected chi connectivity index (χ1v) is 8.58. The molecule has 2 aromatic rings. The van der Waals surface area contributed by atoms with Gasteiger partial charge in [-0.05, 0) is 55.7 Å². The summed E-state index contributed by atoms with van der Waals surface area (Å²) in [6.45, 7) is 0. The molecule has 3 N–H and O–H groups in total. The van der Waals surface area contributed by atoms with Crippen LogP contribution in [0.4, 0.5) is 0 Å². The van der Waals surface area contributed by atoms with Gasteiger partial charge in [0.05, 0.1) is 5.69 Å². The zero-order valence-electron chi connectivity index (χ0n) is 13.9. The number of aromatic nitrogens is 3. The standard InChI is InChI=1S/C18H23N5O/c1-23-15(10-14(22-23)12-4-8-20-9-5-12)17(24)21-13-2-6-18(7-3-13)11-16(18)19/h4-5,8-10,13,16H,2-3,6-7,11,19H2,1H3,(H,21,24). The summed E-state index contributed by atoms with van der Waals surface area (Å²) in [5.74, 6) is -0.0497. The molecule has 0 aromatic carbocycles. The third-order valence-corrected chi connectivity index (χ3v) is 5.66. The molecule has 0 radical (unpaired) electrons. The first kappa shape index (κ1) is 15.3. The number of nitrogens with zero attached hydrogens (tertiary/aromatic N) is 3. The lowest BCUT2D eigenvalue weighted by atomic mass is 9.83. The molecule has 4 rings (SSSR count). The summed E-state index contributed by atoms with van der Waals surface area (Å²) in [5, 5.41) is 7.62. The second-order valence-electron chi connectivity index (χ2n) is 7.20. The van der Waals surface area contributed by atoms with Crippen molar-refractivity contribution in [1.29, 1.82) is 0 Å². The van der Waals surface area contributed by atoms with Crippen LogP contribution in [0.15, 0.2) is 30.6 Å². The van der Waals surface area contributed by atoms with Gasteiger partial charge < -0.3 is 11.1 Å². The van der Waals surface area contributed by atoms with E-state index in [1.165, 1.54) is 0 Å². The fraction of sp³-hybridized carbons (Fsp3) is 0.500. The Morgan fingerprint density at radius 2 is 2.00 bits per heavy atom. The fourth-order valence-electron chi connectivity index (χ4n) is 3.89. The molecule has 0 aliphatic heterocycles. The van der Waals surface area contributed by atoms with Crippen molar-refractivity contribution in [3.8, 4) is 11.3 Å². The highest BCUT2D eigenvalue weighted by atomic mass is 16.2. The summed E-state index contributed by atoms with van der Waals surface area (Å²) in [4.78, 5) is 16.6. The molecule has 1 spiro atoms. The maximum atomic E-state index is 12.6. The smallest absolute Gasteiger partial charge is 0.269 e. The molecule has 126 valence electrons. The zero-order chi connectivity index (χ0) is 16.7. The van der Waals surface area contributed by atoms with E-state index in [1.54, 1.807) is 24.1 Å². The van der Waals surface area contributed by atoms with E-state index in [2.05, 4.69) is 15.4 Å². The zero-order valence-corrected chi connectivity index (χ0v) is 13.9. The van der Waals surface area contributed by atoms with Gasteiger partial charge in [-0.25, -0.2) is 0 Å². The minimum Gasteiger partial charge on any atom is -0.348 e. The normalized spacial score (nSPS) is 28.8. The van der Waals surface area contributed by atoms with Crippen molar-refractivity contribution < 1.29 is 4.79 Å². The van der Waals surface area contributed by atoms with Crippen molar-refractivity contribution in [1.82, 2.24) is 20.1 Å². The van der Waals surface area contributed by atoms with Crippen LogP contribution in [-0.4, -0.2) is 32.8 Å². The van der Waals surface area contributed by atoms with E-state index in [0.29, 0.717) is 17.2 Å². The van der Waals surface area contributed by atoms with Gasteiger partial charge in [-0.1, -0.05) is 0 Å². The van der Waals surface area contributed by atoms with Crippen molar-refractivity contribution in [3.05, 3.63) is 36.3 Å². The third-order valence-electron chi connectivity index (χ3n) is 5.66. The molecule has 24 heavy (non-hydrogen) atoms. The Labute approximate surface area is 141 Å². The molecule has 2 aliphatic rings. The SMILES string of the molecule is Cn1nc(-c2ccncc2)cc1C(=O)NC1CCC2(CC1)CC2N. The van der Waals surface area contributed by atoms with Crippen LogP contribution in [0.1, 0.15) is 42.6 Å². The van der Waals surface area contributed by atoms with E-state index in [-0.39, 0.29) is 11.9 Å². The number of pyridine rings is 1. The van der Waals surface area contributed by atoms with Crippen molar-refractivity contribution >= 4 is 5.91 Å². The van der Waals surface area contributed by atoms with E-state index < -0.39 is 0 Å². The highest BCUT2D eigenvalue weighted by molar-refractivity contribution is 5.93. The summed E-state index contributed by atoms with van der Waals surface area (Å²) in [5.41, 5.74) is 8.77. The molecule has 6 nitrogen and oxygen atoms in total. The van der Waals surface area contributed by atoms with Crippen LogP contribution in [0.25, 0.3) is 11.3 Å². The van der Waals surface area contributed by atoms with Gasteiger partial charge in [0, 0.05) is 37.1 Å². The Bertz CT molecular complexity index is 746. The first-order chi connectivity index (χ1) is 11.6. The number of carbonyl (C=O) groups is 1. The Morgan fingerprint density at radius 1 is 1.33 bits per heavy atom. The van der Waals surface area contributed by atoms with Gasteiger partial charge in [0.2, 0.25) is 0 Å². The first-order valence-electron chi connectivity index (χ1n) is 8.58. The lowest BCUT2D eigenvalue weighted by molar-refractivity contribution is 0.0909. The molecule has 2 aromatic heterocycles. The highest BCUT2D eigenvalue weighted by Gasteiger charge is 2.52. The Balaban J connectivity index is 1.43. The lowest BCUT2D eigenvalue weighted by Crippen LogP contribution is -2.39. The second-order valence-corrected chi connectivity index (χ2v) is 7.20. The van der Waals surface area contributed by atoms with E-state index >= 15 is 0 Å². The van der Waals surface area contributed by atoms with E-state index in [4.69, 9.17) is 5.73 Å². The summed E-state index contributed by atoms with van der Waals surface area (Å²) in [6, 6.07) is 6.25. The Hall–Kier alpha value is -2.21. The maximum absolute atomic E-state index is 12.6. The topological polar surface area (TPSA) is 85.8 Å². The molecule has 6 heteroatoms. The number of nitrogens with two attached hydrogens (primary N) is 1. The van der Waals surface area contributed by atoms with E-state index in [1.807, 2.05) is 18.2 Å². The van der Waals surface area contributed by atoms with Gasteiger partial charge >= 0.3 is 0 Å². The van der Waals surface area contributed by atoms with Gasteiger partial charge in [0.25, 0.3) is 5.91 Å². The van der Waals surface area contributed by atoms with Crippen LogP contribution in [0.3, 0.4) is 0 Å². The maximum Gasteiger partial charge on any atom is 0.269 e. The molecular formula is C18H23N5O. The summed E-state index contributed by atoms with van der Waals surface area (Å²) in [7, 11) is 1.80. The van der Waals surface area contributed by atoms with Crippen LogP contribution >= 0.6 is 0 Å². The highest BCUT2D eigenvalue weighted by Crippen LogP contribution is 2.54. The molecule has 0 saturated heterocycles. The molecule has 2 fully saturated rings. The van der Waals surface area contributed by atoms with Crippen LogP contribution in [0.5, 0.6) is 0 Å². The van der Waals surface area contributed by atoms with Gasteiger partial charge in [0.1, 0.15) is 5.69 Å². The molecule has 0 bridgehead atoms. The number of aryl methyl sites for hydroxylation is 1. The minimum atomic E-state index is -0.0497. The van der Waals surface area contributed by atoms with Crippen LogP contribution in [0, 0.1) is 5.41 Å². The quantitative estimate of drug-likeness (QED) is 0.902. The largest absolute Gasteiger partial charge is 0.348 e. The number of hydrogen-bond acceptors (Lipinski definition) is 4. The summed E-state index contributed by atoms with van der Waals surface area (Å²) >= 11 is 0. The number of nitrogens with one attached hydrogen (secondary N) is 1. The van der Waals surface area contributed by atoms with Crippen LogP contribution < -0.4 is 11.1 Å². The van der Waals surface area contributed by atoms with Gasteiger partial charge in [0.15, 0.2) is 0 Å². The number of hydrogen-bond donors (Lipinski definition) is 2. The molecule has 1 atom stereocenters. The Kier molecular flexibility index (Phi) is 3.64. The van der Waals surface area contributed by atoms with Crippen LogP contribution in [-0.2, 0) is 7.05 Å². The van der Waals surface area contributed by atoms with Crippen molar-refractivity contribution in [2.24, 2.45) is 18.2 Å².